The third-order valence-corrected chi connectivity index (χ3v) is 4.50. The maximum Gasteiger partial charge on any atom is 0.144 e. The molecule has 0 saturated carbocycles. The average Bonchev–Trinajstić information content (AvgIpc) is 2.39. The quantitative estimate of drug-likeness (QED) is 0.213. The Hall–Kier alpha value is -0.420. The molecule has 0 radical (unpaired) electrons. The van der Waals surface area contributed by atoms with E-state index < -0.39 is 0 Å². The summed E-state index contributed by atoms with van der Waals surface area (Å²) in [6, 6.07) is 0.643. The molecule has 3 N–H and O–H groups in total. The zero-order valence-corrected chi connectivity index (χ0v) is 14.0. The molecule has 0 rings (SSSR count). The molecule has 0 spiro atoms. The molecule has 19 heavy (non-hydrogen) atoms. The zero-order valence-electron chi connectivity index (χ0n) is 13.1. The molecule has 0 amide bonds. The van der Waals surface area contributed by atoms with Gasteiger partial charge in [0, 0.05) is 11.5 Å². The first-order chi connectivity index (χ1) is 8.85. The number of rotatable bonds is 10. The molecule has 0 heterocycles. The molecule has 0 bridgehead atoms. The largest absolute Gasteiger partial charge is 0.409 e. The molecule has 1 unspecified atom stereocenters. The average molecular weight is 289 g/mol. The Morgan fingerprint density at radius 3 is 2.58 bits per heavy atom. The standard InChI is InChI=1S/C14H31N3OS/c1-12(8-11-19-5)17(4)10-7-6-9-14(2,3)13(15)16-18/h12,18H,6-11H2,1-5H3,(H2,15,16). The van der Waals surface area contributed by atoms with Crippen LogP contribution in [0.1, 0.15) is 46.5 Å². The minimum Gasteiger partial charge on any atom is -0.409 e. The van der Waals surface area contributed by atoms with Gasteiger partial charge in [-0.3, -0.25) is 0 Å². The van der Waals surface area contributed by atoms with Gasteiger partial charge in [-0.05, 0) is 51.8 Å². The summed E-state index contributed by atoms with van der Waals surface area (Å²) in [6.07, 6.45) is 6.61. The lowest BCUT2D eigenvalue weighted by molar-refractivity contribution is 0.243. The number of nitrogens with zero attached hydrogens (tertiary/aromatic N) is 2. The van der Waals surface area contributed by atoms with Gasteiger partial charge >= 0.3 is 0 Å². The number of nitrogens with two attached hydrogens (primary N) is 1. The molecule has 5 heteroatoms. The smallest absolute Gasteiger partial charge is 0.144 e. The van der Waals surface area contributed by atoms with Crippen molar-refractivity contribution >= 4 is 17.6 Å². The van der Waals surface area contributed by atoms with Crippen LogP contribution in [-0.2, 0) is 0 Å². The van der Waals surface area contributed by atoms with Crippen molar-refractivity contribution in [3.8, 4) is 0 Å². The zero-order chi connectivity index (χ0) is 14.9. The summed E-state index contributed by atoms with van der Waals surface area (Å²) in [5.41, 5.74) is 5.47. The molecule has 0 saturated heterocycles. The highest BCUT2D eigenvalue weighted by atomic mass is 32.2. The van der Waals surface area contributed by atoms with Gasteiger partial charge in [0.05, 0.1) is 0 Å². The SMILES string of the molecule is CSCCC(C)N(C)CCCCC(C)(C)C(N)=NO. The summed E-state index contributed by atoms with van der Waals surface area (Å²) in [5, 5.41) is 11.8. The molecule has 0 fully saturated rings. The molecule has 0 aliphatic carbocycles. The Morgan fingerprint density at radius 1 is 1.42 bits per heavy atom. The van der Waals surface area contributed by atoms with Crippen molar-refractivity contribution in [1.29, 1.82) is 0 Å². The van der Waals surface area contributed by atoms with Crippen molar-refractivity contribution in [2.75, 3.05) is 25.6 Å². The van der Waals surface area contributed by atoms with Gasteiger partial charge in [0.15, 0.2) is 0 Å². The summed E-state index contributed by atoms with van der Waals surface area (Å²) in [4.78, 5) is 2.42. The number of amidine groups is 1. The second-order valence-electron chi connectivity index (χ2n) is 5.94. The molecule has 114 valence electrons. The third-order valence-electron chi connectivity index (χ3n) is 3.86. The molecule has 0 aromatic carbocycles. The van der Waals surface area contributed by atoms with E-state index in [0.717, 1.165) is 25.8 Å². The summed E-state index contributed by atoms with van der Waals surface area (Å²) in [5.74, 6) is 1.55. The summed E-state index contributed by atoms with van der Waals surface area (Å²) < 4.78 is 0. The van der Waals surface area contributed by atoms with Gasteiger partial charge < -0.3 is 15.8 Å². The molecule has 0 aliphatic heterocycles. The fourth-order valence-electron chi connectivity index (χ4n) is 1.92. The van der Waals surface area contributed by atoms with Crippen LogP contribution in [0.2, 0.25) is 0 Å². The number of thioether (sulfide) groups is 1. The molecule has 0 aromatic heterocycles. The summed E-state index contributed by atoms with van der Waals surface area (Å²) >= 11 is 1.91. The molecule has 0 aromatic rings. The molecular weight excluding hydrogens is 258 g/mol. The monoisotopic (exact) mass is 289 g/mol. The maximum absolute atomic E-state index is 8.72. The van der Waals surface area contributed by atoms with Crippen molar-refractivity contribution in [3.05, 3.63) is 0 Å². The van der Waals surface area contributed by atoms with Crippen molar-refractivity contribution in [1.82, 2.24) is 4.90 Å². The van der Waals surface area contributed by atoms with E-state index in [4.69, 9.17) is 10.9 Å². The maximum atomic E-state index is 8.72. The number of hydrogen-bond acceptors (Lipinski definition) is 4. The molecule has 1 atom stereocenters. The van der Waals surface area contributed by atoms with E-state index in [1.54, 1.807) is 0 Å². The Labute approximate surface area is 122 Å². The van der Waals surface area contributed by atoms with Crippen molar-refractivity contribution in [2.24, 2.45) is 16.3 Å². The number of unbranched alkanes of at least 4 members (excludes halogenated alkanes) is 1. The first-order valence-electron chi connectivity index (χ1n) is 7.02. The van der Waals surface area contributed by atoms with Gasteiger partial charge in [-0.1, -0.05) is 25.4 Å². The third kappa shape index (κ3) is 7.67. The van der Waals surface area contributed by atoms with Crippen LogP contribution >= 0.6 is 11.8 Å². The minimum atomic E-state index is -0.211. The topological polar surface area (TPSA) is 61.8 Å². The van der Waals surface area contributed by atoms with Gasteiger partial charge in [0.25, 0.3) is 0 Å². The van der Waals surface area contributed by atoms with Gasteiger partial charge in [-0.25, -0.2) is 0 Å². The van der Waals surface area contributed by atoms with Gasteiger partial charge in [0.1, 0.15) is 5.84 Å². The van der Waals surface area contributed by atoms with Crippen molar-refractivity contribution in [2.45, 2.75) is 52.5 Å². The fraction of sp³-hybridized carbons (Fsp3) is 0.929. The summed E-state index contributed by atoms with van der Waals surface area (Å²) in [7, 11) is 2.19. The van der Waals surface area contributed by atoms with E-state index in [2.05, 4.69) is 30.3 Å². The Balaban J connectivity index is 3.85. The van der Waals surface area contributed by atoms with Crippen LogP contribution in [-0.4, -0.2) is 47.6 Å². The second-order valence-corrected chi connectivity index (χ2v) is 6.92. The van der Waals surface area contributed by atoms with E-state index in [1.807, 2.05) is 25.6 Å². The first kappa shape index (κ1) is 18.6. The van der Waals surface area contributed by atoms with Crippen LogP contribution < -0.4 is 5.73 Å². The Bertz CT molecular complexity index is 269. The fourth-order valence-corrected chi connectivity index (χ4v) is 2.50. The predicted octanol–water partition coefficient (Wildman–Crippen LogP) is 3.00. The number of hydrogen-bond donors (Lipinski definition) is 2. The van der Waals surface area contributed by atoms with Crippen LogP contribution in [0.3, 0.4) is 0 Å². The normalized spacial score (nSPS) is 14.9. The van der Waals surface area contributed by atoms with Crippen LogP contribution in [0.5, 0.6) is 0 Å². The van der Waals surface area contributed by atoms with Gasteiger partial charge in [0.2, 0.25) is 0 Å². The minimum absolute atomic E-state index is 0.211. The molecular formula is C14H31N3OS. The lowest BCUT2D eigenvalue weighted by atomic mass is 9.86. The van der Waals surface area contributed by atoms with Gasteiger partial charge in [-0.15, -0.1) is 0 Å². The van der Waals surface area contributed by atoms with Crippen LogP contribution in [0, 0.1) is 5.41 Å². The van der Waals surface area contributed by atoms with Crippen LogP contribution in [0.4, 0.5) is 0 Å². The van der Waals surface area contributed by atoms with Crippen molar-refractivity contribution in [3.63, 3.8) is 0 Å². The molecule has 4 nitrogen and oxygen atoms in total. The second kappa shape index (κ2) is 9.48. The lowest BCUT2D eigenvalue weighted by Crippen LogP contribution is -2.33. The lowest BCUT2D eigenvalue weighted by Gasteiger charge is -2.26. The molecule has 0 aliphatic rings. The predicted molar refractivity (Wildman–Crippen MR) is 86.1 cm³/mol. The number of oxime groups is 1. The highest BCUT2D eigenvalue weighted by molar-refractivity contribution is 7.98. The highest BCUT2D eigenvalue weighted by Gasteiger charge is 2.22. The van der Waals surface area contributed by atoms with Crippen molar-refractivity contribution < 1.29 is 5.21 Å². The van der Waals surface area contributed by atoms with E-state index in [0.29, 0.717) is 11.9 Å². The van der Waals surface area contributed by atoms with Gasteiger partial charge in [-0.2, -0.15) is 11.8 Å². The first-order valence-corrected chi connectivity index (χ1v) is 8.41. The Morgan fingerprint density at radius 2 is 2.05 bits per heavy atom. The van der Waals surface area contributed by atoms with E-state index >= 15 is 0 Å². The van der Waals surface area contributed by atoms with E-state index in [-0.39, 0.29) is 5.41 Å². The van der Waals surface area contributed by atoms with E-state index in [1.165, 1.54) is 12.2 Å². The van der Waals surface area contributed by atoms with Crippen LogP contribution in [0.15, 0.2) is 5.16 Å². The highest BCUT2D eigenvalue weighted by Crippen LogP contribution is 2.23. The Kier molecular flexibility index (Phi) is 9.27. The summed E-state index contributed by atoms with van der Waals surface area (Å²) in [6.45, 7) is 7.44. The van der Waals surface area contributed by atoms with Crippen LogP contribution in [0.25, 0.3) is 0 Å². The van der Waals surface area contributed by atoms with E-state index in [9.17, 15) is 0 Å².